The number of carbonyl (C=O) groups excluding carboxylic acids is 1. The van der Waals surface area contributed by atoms with E-state index in [1.54, 1.807) is 12.1 Å². The van der Waals surface area contributed by atoms with Gasteiger partial charge in [-0.15, -0.1) is 0 Å². The molecule has 2 atom stereocenters. The van der Waals surface area contributed by atoms with E-state index in [-0.39, 0.29) is 48.0 Å². The lowest BCUT2D eigenvalue weighted by Gasteiger charge is -2.54. The van der Waals surface area contributed by atoms with Crippen LogP contribution in [-0.4, -0.2) is 80.1 Å². The third-order valence-electron chi connectivity index (χ3n) is 11.6. The molecule has 8 nitrogen and oxygen atoms in total. The quantitative estimate of drug-likeness (QED) is 0.247. The molecule has 7 rings (SSSR count). The number of rotatable bonds is 13. The number of likely N-dealkylation sites (N-methyl/N-ethyl adjacent to an activating group) is 1. The van der Waals surface area contributed by atoms with Gasteiger partial charge in [0.1, 0.15) is 6.04 Å². The molecule has 0 radical (unpaired) electrons. The smallest absolute Gasteiger partial charge is 0.238 e. The SMILES string of the molecule is COc1ccc(Cl)c(CN(Cc2cccc(CN3C(C(=O)NC4C5CC6CC(C5)CC4C6)CCS3(=O)=O)c2)[C@H](CN(C)C)CC(C)(C)C)c1F. The molecule has 1 N–H and O–H groups in total. The van der Waals surface area contributed by atoms with E-state index in [4.69, 9.17) is 16.3 Å². The summed E-state index contributed by atoms with van der Waals surface area (Å²) in [6.07, 6.45) is 7.28. The molecule has 5 aliphatic rings. The summed E-state index contributed by atoms with van der Waals surface area (Å²) >= 11 is 6.60. The molecule has 2 aromatic rings. The fourth-order valence-corrected chi connectivity index (χ4v) is 11.6. The average molecular weight is 731 g/mol. The Balaban J connectivity index is 1.22. The van der Waals surface area contributed by atoms with E-state index in [0.29, 0.717) is 35.4 Å². The number of sulfonamides is 1. The van der Waals surface area contributed by atoms with E-state index in [0.717, 1.165) is 35.9 Å². The Bertz CT molecular complexity index is 1620. The van der Waals surface area contributed by atoms with Crippen molar-refractivity contribution in [1.29, 1.82) is 0 Å². The molecule has 2 aromatic carbocycles. The first kappa shape index (κ1) is 37.5. The highest BCUT2D eigenvalue weighted by atomic mass is 35.5. The van der Waals surface area contributed by atoms with Crippen LogP contribution in [0.3, 0.4) is 0 Å². The molecular formula is C39H56ClFN4O4S. The second-order valence-corrected chi connectivity index (χ2v) is 19.5. The normalized spacial score (nSPS) is 28.0. The topological polar surface area (TPSA) is 82.2 Å². The summed E-state index contributed by atoms with van der Waals surface area (Å²) in [7, 11) is 1.94. The van der Waals surface area contributed by atoms with Gasteiger partial charge >= 0.3 is 0 Å². The van der Waals surface area contributed by atoms with Gasteiger partial charge in [0, 0.05) is 48.8 Å². The molecule has 276 valence electrons. The largest absolute Gasteiger partial charge is 0.494 e. The standard InChI is InChI=1S/C39H56ClFN4O4S/c1-39(2,3)20-31(23-43(4)5)44(24-32-33(40)10-11-35(49-6)36(32)41)21-25-8-7-9-26(14-25)22-45-34(12-13-50(45,47)48)38(46)42-37-29-16-27-15-28(18-29)19-30(37)17-27/h7-11,14,27-31,34,37H,12-13,15-24H2,1-6H3,(H,42,46)/t27?,28?,29?,30?,31-,34?,37?/m0/s1. The number of hydrogen-bond donors (Lipinski definition) is 1. The Labute approximate surface area is 304 Å². The van der Waals surface area contributed by atoms with Crippen molar-refractivity contribution in [2.45, 2.75) is 103 Å². The number of nitrogens with one attached hydrogen (secondary N) is 1. The second kappa shape index (κ2) is 15.0. The zero-order valence-electron chi connectivity index (χ0n) is 30.6. The van der Waals surface area contributed by atoms with E-state index in [1.165, 1.54) is 43.5 Å². The van der Waals surface area contributed by atoms with Crippen molar-refractivity contribution in [3.05, 3.63) is 63.9 Å². The molecule has 0 spiro atoms. The molecule has 5 fully saturated rings. The minimum absolute atomic E-state index is 0.00779. The van der Waals surface area contributed by atoms with Crippen LogP contribution in [0.25, 0.3) is 0 Å². The van der Waals surface area contributed by atoms with Gasteiger partial charge in [-0.1, -0.05) is 56.6 Å². The predicted molar refractivity (Wildman–Crippen MR) is 197 cm³/mol. The molecule has 4 saturated carbocycles. The first-order chi connectivity index (χ1) is 23.6. The van der Waals surface area contributed by atoms with Crippen molar-refractivity contribution >= 4 is 27.5 Å². The zero-order valence-corrected chi connectivity index (χ0v) is 32.2. The molecule has 4 bridgehead atoms. The Morgan fingerprint density at radius 3 is 2.32 bits per heavy atom. The molecule has 1 amide bonds. The number of ether oxygens (including phenoxy) is 1. The predicted octanol–water partition coefficient (Wildman–Crippen LogP) is 6.70. The Kier molecular flexibility index (Phi) is 11.3. The van der Waals surface area contributed by atoms with Crippen molar-refractivity contribution in [2.24, 2.45) is 29.1 Å². The average Bonchev–Trinajstić information content (AvgIpc) is 3.32. The van der Waals surface area contributed by atoms with Crippen LogP contribution in [0.1, 0.15) is 82.4 Å². The number of carbonyl (C=O) groups is 1. The first-order valence-corrected chi connectivity index (χ1v) is 20.4. The summed E-state index contributed by atoms with van der Waals surface area (Å²) in [6.45, 7) is 8.29. The molecule has 4 aliphatic carbocycles. The summed E-state index contributed by atoms with van der Waals surface area (Å²) in [5.41, 5.74) is 2.20. The molecule has 50 heavy (non-hydrogen) atoms. The van der Waals surface area contributed by atoms with Crippen LogP contribution in [0.2, 0.25) is 5.02 Å². The van der Waals surface area contributed by atoms with E-state index in [1.807, 2.05) is 38.4 Å². The van der Waals surface area contributed by atoms with Gasteiger partial charge in [-0.3, -0.25) is 9.69 Å². The summed E-state index contributed by atoms with van der Waals surface area (Å²) in [4.78, 5) is 18.2. The maximum atomic E-state index is 15.7. The number of hydrogen-bond acceptors (Lipinski definition) is 6. The number of methoxy groups -OCH3 is 1. The highest BCUT2D eigenvalue weighted by molar-refractivity contribution is 7.89. The summed E-state index contributed by atoms with van der Waals surface area (Å²) in [6, 6.07) is 10.7. The van der Waals surface area contributed by atoms with Gasteiger partial charge in [0.15, 0.2) is 11.6 Å². The van der Waals surface area contributed by atoms with Crippen LogP contribution < -0.4 is 10.1 Å². The van der Waals surface area contributed by atoms with Crippen LogP contribution in [0, 0.1) is 34.9 Å². The van der Waals surface area contributed by atoms with Crippen molar-refractivity contribution in [2.75, 3.05) is 33.5 Å². The molecular weight excluding hydrogens is 675 g/mol. The van der Waals surface area contributed by atoms with Gasteiger partial charge in [0.05, 0.1) is 12.9 Å². The van der Waals surface area contributed by atoms with E-state index in [9.17, 15) is 13.2 Å². The Morgan fingerprint density at radius 2 is 1.70 bits per heavy atom. The van der Waals surface area contributed by atoms with E-state index < -0.39 is 21.9 Å². The van der Waals surface area contributed by atoms with Crippen molar-refractivity contribution < 1.29 is 22.3 Å². The maximum Gasteiger partial charge on any atom is 0.238 e. The Morgan fingerprint density at radius 1 is 1.04 bits per heavy atom. The molecule has 11 heteroatoms. The number of nitrogens with zero attached hydrogens (tertiary/aromatic N) is 3. The third-order valence-corrected chi connectivity index (χ3v) is 13.8. The molecule has 1 unspecified atom stereocenters. The lowest BCUT2D eigenvalue weighted by molar-refractivity contribution is -0.128. The molecule has 1 aliphatic heterocycles. The van der Waals surface area contributed by atoms with Gasteiger partial charge in [0.25, 0.3) is 0 Å². The lowest BCUT2D eigenvalue weighted by atomic mass is 9.54. The fraction of sp³-hybridized carbons (Fsp3) is 0.667. The van der Waals surface area contributed by atoms with Gasteiger partial charge < -0.3 is 15.0 Å². The minimum Gasteiger partial charge on any atom is -0.494 e. The number of amides is 1. The monoisotopic (exact) mass is 730 g/mol. The van der Waals surface area contributed by atoms with Crippen molar-refractivity contribution in [3.63, 3.8) is 0 Å². The first-order valence-electron chi connectivity index (χ1n) is 18.4. The van der Waals surface area contributed by atoms with Gasteiger partial charge in [-0.05, 0) is 111 Å². The van der Waals surface area contributed by atoms with E-state index in [2.05, 4.69) is 35.9 Å². The zero-order chi connectivity index (χ0) is 36.0. The van der Waals surface area contributed by atoms with Crippen LogP contribution in [0.4, 0.5) is 4.39 Å². The highest BCUT2D eigenvalue weighted by Gasteiger charge is 2.50. The Hall–Kier alpha value is -2.24. The second-order valence-electron chi connectivity index (χ2n) is 17.1. The number of benzene rings is 2. The molecule has 1 heterocycles. The van der Waals surface area contributed by atoms with Crippen LogP contribution in [0.5, 0.6) is 5.75 Å². The van der Waals surface area contributed by atoms with Gasteiger partial charge in [-0.25, -0.2) is 12.8 Å². The van der Waals surface area contributed by atoms with Gasteiger partial charge in [-0.2, -0.15) is 4.31 Å². The van der Waals surface area contributed by atoms with Crippen LogP contribution >= 0.6 is 11.6 Å². The number of halogens is 2. The van der Waals surface area contributed by atoms with Crippen LogP contribution in [-0.2, 0) is 34.5 Å². The third kappa shape index (κ3) is 8.52. The highest BCUT2D eigenvalue weighted by Crippen LogP contribution is 2.53. The van der Waals surface area contributed by atoms with Crippen molar-refractivity contribution in [3.8, 4) is 5.75 Å². The summed E-state index contributed by atoms with van der Waals surface area (Å²) in [5, 5.41) is 3.72. The minimum atomic E-state index is -3.59. The molecule has 1 saturated heterocycles. The van der Waals surface area contributed by atoms with Gasteiger partial charge in [0.2, 0.25) is 15.9 Å². The molecule has 0 aromatic heterocycles. The van der Waals surface area contributed by atoms with E-state index >= 15 is 4.39 Å². The fourth-order valence-electron chi connectivity index (χ4n) is 9.68. The maximum absolute atomic E-state index is 15.7. The lowest BCUT2D eigenvalue weighted by Crippen LogP contribution is -2.58. The van der Waals surface area contributed by atoms with Crippen LogP contribution in [0.15, 0.2) is 36.4 Å². The summed E-state index contributed by atoms with van der Waals surface area (Å²) < 4.78 is 49.2. The summed E-state index contributed by atoms with van der Waals surface area (Å²) in [5.74, 6) is 2.18. The van der Waals surface area contributed by atoms with Crippen molar-refractivity contribution in [1.82, 2.24) is 19.4 Å².